The summed E-state index contributed by atoms with van der Waals surface area (Å²) in [6, 6.07) is 0. The maximum absolute atomic E-state index is 7.00. The van der Waals surface area contributed by atoms with Gasteiger partial charge < -0.3 is 5.73 Å². The molecule has 0 unspecified atom stereocenters. The fourth-order valence-electron chi connectivity index (χ4n) is 0.512. The van der Waals surface area contributed by atoms with E-state index in [1.54, 1.807) is 13.1 Å². The van der Waals surface area contributed by atoms with Gasteiger partial charge in [0.25, 0.3) is 0 Å². The molecule has 0 saturated heterocycles. The SMILES string of the molecule is [2H]Cc1cnc(C)nc1N. The lowest BCUT2D eigenvalue weighted by molar-refractivity contribution is 1.04. The van der Waals surface area contributed by atoms with Crippen LogP contribution in [0.4, 0.5) is 5.82 Å². The number of rotatable bonds is 0. The van der Waals surface area contributed by atoms with Crippen LogP contribution in [-0.2, 0) is 0 Å². The van der Waals surface area contributed by atoms with Gasteiger partial charge in [-0.15, -0.1) is 0 Å². The first kappa shape index (κ1) is 4.73. The Labute approximate surface area is 55.3 Å². The third-order valence-electron chi connectivity index (χ3n) is 1.02. The van der Waals surface area contributed by atoms with Gasteiger partial charge in [0.1, 0.15) is 11.6 Å². The molecule has 0 radical (unpaired) electrons. The summed E-state index contributed by atoms with van der Waals surface area (Å²) in [5.74, 6) is 1.07. The molecule has 0 aliphatic heterocycles. The van der Waals surface area contributed by atoms with Crippen molar-refractivity contribution in [1.29, 1.82) is 0 Å². The maximum atomic E-state index is 7.00. The molecule has 3 nitrogen and oxygen atoms in total. The monoisotopic (exact) mass is 124 g/mol. The van der Waals surface area contributed by atoms with E-state index in [0.29, 0.717) is 17.2 Å². The zero-order chi connectivity index (χ0) is 7.56. The molecule has 1 aromatic rings. The van der Waals surface area contributed by atoms with Crippen molar-refractivity contribution in [2.75, 3.05) is 5.73 Å². The molecule has 0 aromatic carbocycles. The number of nitrogens with two attached hydrogens (primary N) is 1. The van der Waals surface area contributed by atoms with E-state index in [1.807, 2.05) is 0 Å². The second kappa shape index (κ2) is 2.01. The average Bonchev–Trinajstić information content (AvgIpc) is 1.88. The molecule has 0 amide bonds. The molecule has 0 fully saturated rings. The van der Waals surface area contributed by atoms with E-state index >= 15 is 0 Å². The first-order valence-corrected chi connectivity index (χ1v) is 2.61. The smallest absolute Gasteiger partial charge is 0.129 e. The zero-order valence-electron chi connectivity index (χ0n) is 6.26. The van der Waals surface area contributed by atoms with Crippen molar-refractivity contribution in [3.8, 4) is 0 Å². The lowest BCUT2D eigenvalue weighted by Gasteiger charge is -1.96. The zero-order valence-corrected chi connectivity index (χ0v) is 5.26. The van der Waals surface area contributed by atoms with E-state index in [-0.39, 0.29) is 6.90 Å². The second-order valence-electron chi connectivity index (χ2n) is 1.83. The molecule has 0 atom stereocenters. The highest BCUT2D eigenvalue weighted by molar-refractivity contribution is 5.35. The average molecular weight is 124 g/mol. The Kier molecular flexibility index (Phi) is 1.06. The quantitative estimate of drug-likeness (QED) is 0.553. The predicted octanol–water partition coefficient (Wildman–Crippen LogP) is 0.676. The van der Waals surface area contributed by atoms with E-state index in [2.05, 4.69) is 9.97 Å². The van der Waals surface area contributed by atoms with Gasteiger partial charge in [-0.05, 0) is 13.8 Å². The van der Waals surface area contributed by atoms with Crippen LogP contribution in [0.2, 0.25) is 0 Å². The Morgan fingerprint density at radius 3 is 3.11 bits per heavy atom. The summed E-state index contributed by atoms with van der Waals surface area (Å²) in [5.41, 5.74) is 6.15. The molecular formula is C6H9N3. The molecule has 0 aliphatic rings. The van der Waals surface area contributed by atoms with Gasteiger partial charge in [-0.2, -0.15) is 0 Å². The van der Waals surface area contributed by atoms with Crippen LogP contribution in [0.5, 0.6) is 0 Å². The molecular weight excluding hydrogens is 114 g/mol. The highest BCUT2D eigenvalue weighted by Gasteiger charge is 1.92. The lowest BCUT2D eigenvalue weighted by Crippen LogP contribution is -1.97. The van der Waals surface area contributed by atoms with Crippen molar-refractivity contribution in [2.24, 2.45) is 0 Å². The van der Waals surface area contributed by atoms with Gasteiger partial charge in [0.05, 0.1) is 0 Å². The number of nitrogen functional groups attached to an aromatic ring is 1. The summed E-state index contributed by atoms with van der Waals surface area (Å²) in [4.78, 5) is 7.79. The van der Waals surface area contributed by atoms with Crippen molar-refractivity contribution >= 4 is 5.82 Å². The standard InChI is InChI=1S/C6H9N3/c1-4-3-8-5(2)9-6(4)7/h3H,1-2H3,(H2,7,8,9)/i1D. The molecule has 1 aromatic heterocycles. The van der Waals surface area contributed by atoms with Gasteiger partial charge in [-0.25, -0.2) is 9.97 Å². The van der Waals surface area contributed by atoms with E-state index in [9.17, 15) is 0 Å². The number of aromatic nitrogens is 2. The van der Waals surface area contributed by atoms with Crippen LogP contribution in [0.1, 0.15) is 12.8 Å². The normalized spacial score (nSPS) is 11.0. The summed E-state index contributed by atoms with van der Waals surface area (Å²) in [7, 11) is 0. The Morgan fingerprint density at radius 2 is 2.56 bits per heavy atom. The van der Waals surface area contributed by atoms with E-state index in [4.69, 9.17) is 7.10 Å². The van der Waals surface area contributed by atoms with Crippen LogP contribution in [0, 0.1) is 13.8 Å². The first-order valence-electron chi connectivity index (χ1n) is 3.32. The highest BCUT2D eigenvalue weighted by atomic mass is 14.9. The maximum Gasteiger partial charge on any atom is 0.129 e. The van der Waals surface area contributed by atoms with Crippen molar-refractivity contribution < 1.29 is 1.37 Å². The molecule has 9 heavy (non-hydrogen) atoms. The molecule has 3 heteroatoms. The first-order chi connectivity index (χ1) is 4.74. The van der Waals surface area contributed by atoms with E-state index < -0.39 is 0 Å². The number of nitrogens with zero attached hydrogens (tertiary/aromatic N) is 2. The van der Waals surface area contributed by atoms with Crippen molar-refractivity contribution in [3.63, 3.8) is 0 Å². The highest BCUT2D eigenvalue weighted by Crippen LogP contribution is 2.02. The fourth-order valence-corrected chi connectivity index (χ4v) is 0.512. The van der Waals surface area contributed by atoms with Crippen molar-refractivity contribution in [2.45, 2.75) is 13.8 Å². The summed E-state index contributed by atoms with van der Waals surface area (Å²) < 4.78 is 7.00. The van der Waals surface area contributed by atoms with E-state index in [1.165, 1.54) is 0 Å². The minimum atomic E-state index is 0.145. The number of aryl methyl sites for hydroxylation is 2. The van der Waals surface area contributed by atoms with Gasteiger partial charge in [0.2, 0.25) is 0 Å². The molecule has 1 rings (SSSR count). The topological polar surface area (TPSA) is 51.8 Å². The van der Waals surface area contributed by atoms with Gasteiger partial charge in [-0.1, -0.05) is 0 Å². The van der Waals surface area contributed by atoms with E-state index in [0.717, 1.165) is 0 Å². The largest absolute Gasteiger partial charge is 0.383 e. The summed E-state index contributed by atoms with van der Waals surface area (Å²) in [5, 5.41) is 0. The third-order valence-corrected chi connectivity index (χ3v) is 1.02. The Hall–Kier alpha value is -1.12. The minimum Gasteiger partial charge on any atom is -0.383 e. The Balaban J connectivity index is 3.07. The minimum absolute atomic E-state index is 0.145. The van der Waals surface area contributed by atoms with Gasteiger partial charge in [-0.3, -0.25) is 0 Å². The van der Waals surface area contributed by atoms with Crippen molar-refractivity contribution in [3.05, 3.63) is 17.6 Å². The van der Waals surface area contributed by atoms with Crippen LogP contribution in [-0.4, -0.2) is 9.97 Å². The van der Waals surface area contributed by atoms with Crippen LogP contribution >= 0.6 is 0 Å². The third kappa shape index (κ3) is 1.16. The van der Waals surface area contributed by atoms with Crippen LogP contribution in [0.3, 0.4) is 0 Å². The summed E-state index contributed by atoms with van der Waals surface area (Å²) in [6.45, 7) is 1.91. The van der Waals surface area contributed by atoms with Gasteiger partial charge in [0, 0.05) is 13.1 Å². The fraction of sp³-hybridized carbons (Fsp3) is 0.333. The van der Waals surface area contributed by atoms with Gasteiger partial charge in [0.15, 0.2) is 0 Å². The Bertz CT molecular complexity index is 236. The van der Waals surface area contributed by atoms with Gasteiger partial charge >= 0.3 is 0 Å². The van der Waals surface area contributed by atoms with Crippen molar-refractivity contribution in [1.82, 2.24) is 9.97 Å². The molecule has 0 bridgehead atoms. The summed E-state index contributed by atoms with van der Waals surface area (Å²) in [6.07, 6.45) is 1.59. The predicted molar refractivity (Wildman–Crippen MR) is 35.9 cm³/mol. The molecule has 1 heterocycles. The molecule has 0 saturated carbocycles. The molecule has 2 N–H and O–H groups in total. The van der Waals surface area contributed by atoms with Crippen LogP contribution < -0.4 is 5.73 Å². The van der Waals surface area contributed by atoms with Crippen LogP contribution in [0.15, 0.2) is 6.20 Å². The molecule has 48 valence electrons. The number of hydrogen-bond donors (Lipinski definition) is 1. The molecule has 0 spiro atoms. The second-order valence-corrected chi connectivity index (χ2v) is 1.83. The number of hydrogen-bond acceptors (Lipinski definition) is 3. The van der Waals surface area contributed by atoms with Crippen LogP contribution in [0.25, 0.3) is 0 Å². The summed E-state index contributed by atoms with van der Waals surface area (Å²) >= 11 is 0. The number of anilines is 1. The molecule has 0 aliphatic carbocycles. The Morgan fingerprint density at radius 1 is 1.78 bits per heavy atom. The lowest BCUT2D eigenvalue weighted by atomic mass is 10.3.